The number of hydrogen-bond acceptors (Lipinski definition) is 4. The van der Waals surface area contributed by atoms with Crippen molar-refractivity contribution in [2.45, 2.75) is 23.7 Å². The predicted molar refractivity (Wildman–Crippen MR) is 102 cm³/mol. The van der Waals surface area contributed by atoms with Gasteiger partial charge in [0.25, 0.3) is 5.91 Å². The quantitative estimate of drug-likeness (QED) is 0.721. The number of sulfonamides is 1. The van der Waals surface area contributed by atoms with Crippen LogP contribution in [-0.4, -0.2) is 42.3 Å². The van der Waals surface area contributed by atoms with Crippen LogP contribution in [0.4, 0.5) is 0 Å². The van der Waals surface area contributed by atoms with Crippen molar-refractivity contribution in [3.63, 3.8) is 0 Å². The first-order chi connectivity index (χ1) is 12.9. The SMILES string of the molecule is NS(=O)(=O)c1ccc(C(=O)N2CCC(c3c[nH]c4ncccc34)CC2)cc1. The number of aromatic nitrogens is 2. The minimum absolute atomic E-state index is 0.00528. The molecule has 0 aliphatic carbocycles. The Morgan fingerprint density at radius 1 is 1.15 bits per heavy atom. The Kier molecular flexibility index (Phi) is 4.45. The molecule has 0 spiro atoms. The van der Waals surface area contributed by atoms with Crippen molar-refractivity contribution in [2.24, 2.45) is 5.14 Å². The number of rotatable bonds is 3. The average Bonchev–Trinajstić information content (AvgIpc) is 3.11. The largest absolute Gasteiger partial charge is 0.346 e. The van der Waals surface area contributed by atoms with Gasteiger partial charge in [-0.3, -0.25) is 4.79 Å². The molecule has 8 heteroatoms. The summed E-state index contributed by atoms with van der Waals surface area (Å²) in [7, 11) is -3.75. The van der Waals surface area contributed by atoms with Crippen LogP contribution in [0.3, 0.4) is 0 Å². The van der Waals surface area contributed by atoms with Crippen molar-refractivity contribution < 1.29 is 13.2 Å². The summed E-state index contributed by atoms with van der Waals surface area (Å²) in [6.07, 6.45) is 5.54. The highest BCUT2D eigenvalue weighted by Crippen LogP contribution is 2.32. The second-order valence-electron chi connectivity index (χ2n) is 6.78. The zero-order chi connectivity index (χ0) is 19.0. The zero-order valence-electron chi connectivity index (χ0n) is 14.6. The lowest BCUT2D eigenvalue weighted by Crippen LogP contribution is -2.37. The number of fused-ring (bicyclic) bond motifs is 1. The molecule has 1 fully saturated rings. The Labute approximate surface area is 157 Å². The Morgan fingerprint density at radius 2 is 1.85 bits per heavy atom. The highest BCUT2D eigenvalue weighted by atomic mass is 32.2. The summed E-state index contributed by atoms with van der Waals surface area (Å²) in [6, 6.07) is 9.77. The van der Waals surface area contributed by atoms with Gasteiger partial charge in [0.05, 0.1) is 4.90 Å². The van der Waals surface area contributed by atoms with Crippen LogP contribution >= 0.6 is 0 Å². The molecule has 0 bridgehead atoms. The summed E-state index contributed by atoms with van der Waals surface area (Å²) in [5.74, 6) is 0.298. The topological polar surface area (TPSA) is 109 Å². The Bertz CT molecular complexity index is 1080. The number of piperidine rings is 1. The van der Waals surface area contributed by atoms with Crippen molar-refractivity contribution >= 4 is 27.0 Å². The number of nitrogens with zero attached hydrogens (tertiary/aromatic N) is 2. The van der Waals surface area contributed by atoms with Crippen molar-refractivity contribution in [2.75, 3.05) is 13.1 Å². The number of carbonyl (C=O) groups is 1. The third kappa shape index (κ3) is 3.45. The van der Waals surface area contributed by atoms with Gasteiger partial charge < -0.3 is 9.88 Å². The van der Waals surface area contributed by atoms with Gasteiger partial charge in [0, 0.05) is 36.4 Å². The van der Waals surface area contributed by atoms with E-state index in [1.807, 2.05) is 17.2 Å². The van der Waals surface area contributed by atoms with E-state index < -0.39 is 10.0 Å². The molecular weight excluding hydrogens is 364 g/mol. The normalized spacial score (nSPS) is 16.0. The van der Waals surface area contributed by atoms with Gasteiger partial charge in [0.2, 0.25) is 10.0 Å². The number of hydrogen-bond donors (Lipinski definition) is 2. The second-order valence-corrected chi connectivity index (χ2v) is 8.34. The zero-order valence-corrected chi connectivity index (χ0v) is 15.4. The van der Waals surface area contributed by atoms with Gasteiger partial charge in [-0.1, -0.05) is 0 Å². The highest BCUT2D eigenvalue weighted by molar-refractivity contribution is 7.89. The summed E-state index contributed by atoms with van der Waals surface area (Å²) in [5, 5.41) is 6.24. The number of aromatic amines is 1. The van der Waals surface area contributed by atoms with Gasteiger partial charge in [0.15, 0.2) is 0 Å². The number of pyridine rings is 1. The van der Waals surface area contributed by atoms with Crippen LogP contribution in [0.2, 0.25) is 0 Å². The third-order valence-electron chi connectivity index (χ3n) is 5.13. The molecule has 1 aliphatic heterocycles. The van der Waals surface area contributed by atoms with E-state index >= 15 is 0 Å². The van der Waals surface area contributed by atoms with E-state index in [0.29, 0.717) is 24.6 Å². The molecule has 2 aromatic heterocycles. The van der Waals surface area contributed by atoms with Crippen molar-refractivity contribution in [1.82, 2.24) is 14.9 Å². The second kappa shape index (κ2) is 6.79. The van der Waals surface area contributed by atoms with Gasteiger partial charge in [-0.15, -0.1) is 0 Å². The summed E-state index contributed by atoms with van der Waals surface area (Å²) in [4.78, 5) is 22.1. The molecule has 3 heterocycles. The maximum Gasteiger partial charge on any atom is 0.253 e. The molecule has 7 nitrogen and oxygen atoms in total. The van der Waals surface area contributed by atoms with Gasteiger partial charge in [-0.2, -0.15) is 0 Å². The molecule has 3 aromatic rings. The molecule has 27 heavy (non-hydrogen) atoms. The standard InChI is InChI=1S/C19H20N4O3S/c20-27(25,26)15-5-3-14(4-6-15)19(24)23-10-7-13(8-11-23)17-12-22-18-16(17)2-1-9-21-18/h1-6,9,12-13H,7-8,10-11H2,(H,21,22)(H2,20,25,26). The third-order valence-corrected chi connectivity index (χ3v) is 6.06. The van der Waals surface area contributed by atoms with Crippen LogP contribution in [0.1, 0.15) is 34.7 Å². The number of carbonyl (C=O) groups excluding carboxylic acids is 1. The van der Waals surface area contributed by atoms with Crippen LogP contribution in [0.5, 0.6) is 0 Å². The number of nitrogens with one attached hydrogen (secondary N) is 1. The Morgan fingerprint density at radius 3 is 2.52 bits per heavy atom. The van der Waals surface area contributed by atoms with E-state index in [1.165, 1.54) is 29.8 Å². The lowest BCUT2D eigenvalue weighted by atomic mass is 9.89. The van der Waals surface area contributed by atoms with E-state index in [-0.39, 0.29) is 10.8 Å². The summed E-state index contributed by atoms with van der Waals surface area (Å²) >= 11 is 0. The molecule has 1 amide bonds. The lowest BCUT2D eigenvalue weighted by molar-refractivity contribution is 0.0713. The minimum atomic E-state index is -3.75. The van der Waals surface area contributed by atoms with Crippen molar-refractivity contribution in [1.29, 1.82) is 0 Å². The minimum Gasteiger partial charge on any atom is -0.346 e. The highest BCUT2D eigenvalue weighted by Gasteiger charge is 2.26. The first-order valence-corrected chi connectivity index (χ1v) is 10.3. The van der Waals surface area contributed by atoms with Crippen LogP contribution in [0.15, 0.2) is 53.7 Å². The molecule has 0 radical (unpaired) electrons. The molecule has 140 valence electrons. The van der Waals surface area contributed by atoms with E-state index in [0.717, 1.165) is 23.9 Å². The van der Waals surface area contributed by atoms with Crippen molar-refractivity contribution in [3.8, 4) is 0 Å². The molecule has 4 rings (SSSR count). The first kappa shape index (κ1) is 17.7. The Balaban J connectivity index is 1.45. The molecule has 0 atom stereocenters. The van der Waals surface area contributed by atoms with Gasteiger partial charge in [0.1, 0.15) is 5.65 Å². The first-order valence-electron chi connectivity index (χ1n) is 8.77. The van der Waals surface area contributed by atoms with E-state index in [1.54, 1.807) is 6.20 Å². The van der Waals surface area contributed by atoms with Crippen molar-refractivity contribution in [3.05, 3.63) is 59.9 Å². The fraction of sp³-hybridized carbons (Fsp3) is 0.263. The molecule has 1 saturated heterocycles. The number of amides is 1. The van der Waals surface area contributed by atoms with Gasteiger partial charge in [-0.25, -0.2) is 18.5 Å². The molecule has 1 aliphatic rings. The number of benzene rings is 1. The van der Waals surface area contributed by atoms with Crippen LogP contribution < -0.4 is 5.14 Å². The summed E-state index contributed by atoms with van der Waals surface area (Å²) in [5.41, 5.74) is 2.61. The monoisotopic (exact) mass is 384 g/mol. The molecular formula is C19H20N4O3S. The maximum absolute atomic E-state index is 12.7. The fourth-order valence-electron chi connectivity index (χ4n) is 3.68. The predicted octanol–water partition coefficient (Wildman–Crippen LogP) is 2.23. The molecule has 0 saturated carbocycles. The average molecular weight is 384 g/mol. The number of H-pyrrole nitrogens is 1. The summed E-state index contributed by atoms with van der Waals surface area (Å²) < 4.78 is 22.7. The van der Waals surface area contributed by atoms with E-state index in [9.17, 15) is 13.2 Å². The number of likely N-dealkylation sites (tertiary alicyclic amines) is 1. The fourth-order valence-corrected chi connectivity index (χ4v) is 4.19. The lowest BCUT2D eigenvalue weighted by Gasteiger charge is -2.32. The summed E-state index contributed by atoms with van der Waals surface area (Å²) in [6.45, 7) is 1.32. The number of primary sulfonamides is 1. The van der Waals surface area contributed by atoms with Gasteiger partial charge in [-0.05, 0) is 60.7 Å². The van der Waals surface area contributed by atoms with Crippen LogP contribution in [0, 0.1) is 0 Å². The molecule has 0 unspecified atom stereocenters. The van der Waals surface area contributed by atoms with Crippen LogP contribution in [-0.2, 0) is 10.0 Å². The number of nitrogens with two attached hydrogens (primary N) is 1. The smallest absolute Gasteiger partial charge is 0.253 e. The van der Waals surface area contributed by atoms with E-state index in [4.69, 9.17) is 5.14 Å². The van der Waals surface area contributed by atoms with E-state index in [2.05, 4.69) is 16.0 Å². The molecule has 3 N–H and O–H groups in total. The van der Waals surface area contributed by atoms with Crippen LogP contribution in [0.25, 0.3) is 11.0 Å². The Hall–Kier alpha value is -2.71. The maximum atomic E-state index is 12.7. The van der Waals surface area contributed by atoms with Gasteiger partial charge >= 0.3 is 0 Å². The molecule has 1 aromatic carbocycles.